The highest BCUT2D eigenvalue weighted by molar-refractivity contribution is 5.83. The number of fused-ring (bicyclic) bond motifs is 2. The van der Waals surface area contributed by atoms with E-state index in [1.807, 2.05) is 23.7 Å². The summed E-state index contributed by atoms with van der Waals surface area (Å²) in [7, 11) is 0. The van der Waals surface area contributed by atoms with Gasteiger partial charge in [-0.15, -0.1) is 5.10 Å². The standard InChI is InChI=1S/C29H35N7O3/c1-18-12-19(2)25-21(13-18)15-22(28(37)30-25)26(27-31-32-33-36(27)29(3,4)5)35-10-8-34(9-11-35)16-20-6-7-23-24(14-20)39-17-38-23/h6-7,12-15,26H,8-11,16-17H2,1-5H3,(H,30,37)/t26-/m0/s1. The summed E-state index contributed by atoms with van der Waals surface area (Å²) < 4.78 is 12.9. The van der Waals surface area contributed by atoms with E-state index in [9.17, 15) is 4.79 Å². The van der Waals surface area contributed by atoms with E-state index < -0.39 is 0 Å². The van der Waals surface area contributed by atoms with Gasteiger partial charge in [0.15, 0.2) is 17.3 Å². The molecular formula is C29H35N7O3. The van der Waals surface area contributed by atoms with Gasteiger partial charge in [0.05, 0.1) is 11.1 Å². The third-order valence-corrected chi connectivity index (χ3v) is 7.61. The van der Waals surface area contributed by atoms with Gasteiger partial charge in [-0.25, -0.2) is 4.68 Å². The van der Waals surface area contributed by atoms with E-state index in [4.69, 9.17) is 9.47 Å². The zero-order valence-electron chi connectivity index (χ0n) is 23.2. The summed E-state index contributed by atoms with van der Waals surface area (Å²) in [4.78, 5) is 21.5. The molecule has 10 heteroatoms. The summed E-state index contributed by atoms with van der Waals surface area (Å²) >= 11 is 0. The number of H-pyrrole nitrogens is 1. The van der Waals surface area contributed by atoms with Crippen LogP contribution in [0.5, 0.6) is 11.5 Å². The Morgan fingerprint density at radius 3 is 2.54 bits per heavy atom. The van der Waals surface area contributed by atoms with E-state index in [1.165, 1.54) is 5.56 Å². The third-order valence-electron chi connectivity index (χ3n) is 7.61. The van der Waals surface area contributed by atoms with Crippen molar-refractivity contribution >= 4 is 10.9 Å². The number of tetrazole rings is 1. The number of ether oxygens (including phenoxy) is 2. The monoisotopic (exact) mass is 529 g/mol. The SMILES string of the molecule is Cc1cc(C)c2[nH]c(=O)c([C@@H](c3nnnn3C(C)(C)C)N3CCN(Cc4ccc5c(c4)OCO5)CC3)cc2c1. The van der Waals surface area contributed by atoms with Crippen LogP contribution in [0.15, 0.2) is 41.2 Å². The molecular weight excluding hydrogens is 494 g/mol. The number of nitrogens with zero attached hydrogens (tertiary/aromatic N) is 6. The molecule has 39 heavy (non-hydrogen) atoms. The maximum atomic E-state index is 13.6. The fourth-order valence-corrected chi connectivity index (χ4v) is 5.73. The molecule has 0 spiro atoms. The van der Waals surface area contributed by atoms with Crippen LogP contribution in [0.1, 0.15) is 54.9 Å². The van der Waals surface area contributed by atoms with Gasteiger partial charge in [-0.05, 0) is 85.8 Å². The van der Waals surface area contributed by atoms with Gasteiger partial charge in [-0.3, -0.25) is 14.6 Å². The van der Waals surface area contributed by atoms with Gasteiger partial charge in [0, 0.05) is 38.3 Å². The van der Waals surface area contributed by atoms with E-state index in [1.54, 1.807) is 0 Å². The van der Waals surface area contributed by atoms with Crippen molar-refractivity contribution < 1.29 is 9.47 Å². The summed E-state index contributed by atoms with van der Waals surface area (Å²) in [5.74, 6) is 2.29. The number of hydrogen-bond donors (Lipinski definition) is 1. The molecule has 2 aliphatic heterocycles. The Bertz CT molecular complexity index is 1580. The fraction of sp³-hybridized carbons (Fsp3) is 0.448. The van der Waals surface area contributed by atoms with Crippen LogP contribution in [0.2, 0.25) is 0 Å². The minimum absolute atomic E-state index is 0.106. The van der Waals surface area contributed by atoms with Gasteiger partial charge in [0.2, 0.25) is 6.79 Å². The second kappa shape index (κ2) is 9.77. The molecule has 1 N–H and O–H groups in total. The lowest BCUT2D eigenvalue weighted by Crippen LogP contribution is -2.49. The molecule has 0 radical (unpaired) electrons. The van der Waals surface area contributed by atoms with Crippen LogP contribution < -0.4 is 15.0 Å². The number of aryl methyl sites for hydroxylation is 2. The number of pyridine rings is 1. The highest BCUT2D eigenvalue weighted by Crippen LogP contribution is 2.34. The smallest absolute Gasteiger partial charge is 0.253 e. The molecule has 4 aromatic rings. The van der Waals surface area contributed by atoms with Gasteiger partial charge < -0.3 is 14.5 Å². The third kappa shape index (κ3) is 4.90. The second-order valence-electron chi connectivity index (χ2n) is 11.6. The number of piperazine rings is 1. The quantitative estimate of drug-likeness (QED) is 0.419. The van der Waals surface area contributed by atoms with Crippen LogP contribution in [0.4, 0.5) is 0 Å². The van der Waals surface area contributed by atoms with Gasteiger partial charge in [0.25, 0.3) is 5.56 Å². The highest BCUT2D eigenvalue weighted by Gasteiger charge is 2.35. The lowest BCUT2D eigenvalue weighted by Gasteiger charge is -2.39. The molecule has 0 amide bonds. The molecule has 0 saturated carbocycles. The van der Waals surface area contributed by atoms with Crippen molar-refractivity contribution in [2.24, 2.45) is 0 Å². The number of nitrogens with one attached hydrogen (secondary N) is 1. The average molecular weight is 530 g/mol. The van der Waals surface area contributed by atoms with Gasteiger partial charge >= 0.3 is 0 Å². The average Bonchev–Trinajstić information content (AvgIpc) is 3.56. The van der Waals surface area contributed by atoms with E-state index in [-0.39, 0.29) is 23.9 Å². The van der Waals surface area contributed by atoms with E-state index in [0.29, 0.717) is 11.4 Å². The van der Waals surface area contributed by atoms with E-state index in [2.05, 4.69) is 82.3 Å². The van der Waals surface area contributed by atoms with Gasteiger partial charge in [0.1, 0.15) is 6.04 Å². The number of benzene rings is 2. The number of rotatable bonds is 5. The molecule has 1 fully saturated rings. The molecule has 6 rings (SSSR count). The normalized spacial score (nSPS) is 17.2. The Morgan fingerprint density at radius 1 is 1.00 bits per heavy atom. The zero-order valence-corrected chi connectivity index (χ0v) is 23.2. The Kier molecular flexibility index (Phi) is 6.39. The van der Waals surface area contributed by atoms with Crippen LogP contribution in [-0.2, 0) is 12.1 Å². The summed E-state index contributed by atoms with van der Waals surface area (Å²) in [5, 5.41) is 13.9. The summed E-state index contributed by atoms with van der Waals surface area (Å²) in [5.41, 5.74) is 4.50. The summed E-state index contributed by atoms with van der Waals surface area (Å²) in [6, 6.07) is 12.0. The van der Waals surface area contributed by atoms with E-state index in [0.717, 1.165) is 66.3 Å². The van der Waals surface area contributed by atoms with Crippen LogP contribution in [0.25, 0.3) is 10.9 Å². The molecule has 2 aromatic carbocycles. The van der Waals surface area contributed by atoms with Crippen LogP contribution >= 0.6 is 0 Å². The largest absolute Gasteiger partial charge is 0.454 e. The van der Waals surface area contributed by atoms with Crippen molar-refractivity contribution in [1.29, 1.82) is 0 Å². The molecule has 10 nitrogen and oxygen atoms in total. The molecule has 0 aliphatic carbocycles. The lowest BCUT2D eigenvalue weighted by atomic mass is 9.99. The zero-order chi connectivity index (χ0) is 27.3. The maximum absolute atomic E-state index is 13.6. The molecule has 204 valence electrons. The molecule has 1 saturated heterocycles. The van der Waals surface area contributed by atoms with Crippen molar-refractivity contribution in [1.82, 2.24) is 35.0 Å². The van der Waals surface area contributed by atoms with Gasteiger partial charge in [-0.2, -0.15) is 0 Å². The first kappa shape index (κ1) is 25.5. The lowest BCUT2D eigenvalue weighted by molar-refractivity contribution is 0.0975. The van der Waals surface area contributed by atoms with Crippen molar-refractivity contribution in [2.75, 3.05) is 33.0 Å². The van der Waals surface area contributed by atoms with Crippen LogP contribution in [0.3, 0.4) is 0 Å². The Hall–Kier alpha value is -3.76. The molecule has 4 heterocycles. The first-order valence-corrected chi connectivity index (χ1v) is 13.5. The Morgan fingerprint density at radius 2 is 1.77 bits per heavy atom. The Balaban J connectivity index is 1.32. The fourth-order valence-electron chi connectivity index (χ4n) is 5.73. The first-order chi connectivity index (χ1) is 18.7. The molecule has 2 aromatic heterocycles. The molecule has 2 aliphatic rings. The van der Waals surface area contributed by atoms with Crippen LogP contribution in [-0.4, -0.2) is 68.0 Å². The highest BCUT2D eigenvalue weighted by atomic mass is 16.7. The van der Waals surface area contributed by atoms with Crippen molar-refractivity contribution in [3.05, 3.63) is 74.8 Å². The van der Waals surface area contributed by atoms with Crippen molar-refractivity contribution in [2.45, 2.75) is 52.7 Å². The van der Waals surface area contributed by atoms with E-state index >= 15 is 0 Å². The summed E-state index contributed by atoms with van der Waals surface area (Å²) in [6.45, 7) is 14.7. The second-order valence-corrected chi connectivity index (χ2v) is 11.6. The Labute approximate surface area is 227 Å². The van der Waals surface area contributed by atoms with Crippen molar-refractivity contribution in [3.63, 3.8) is 0 Å². The predicted octanol–water partition coefficient (Wildman–Crippen LogP) is 3.52. The molecule has 0 unspecified atom stereocenters. The molecule has 0 bridgehead atoms. The minimum Gasteiger partial charge on any atom is -0.454 e. The number of aromatic amines is 1. The first-order valence-electron chi connectivity index (χ1n) is 13.5. The summed E-state index contributed by atoms with van der Waals surface area (Å²) in [6.07, 6.45) is 0. The van der Waals surface area contributed by atoms with Crippen molar-refractivity contribution in [3.8, 4) is 11.5 Å². The van der Waals surface area contributed by atoms with Crippen LogP contribution in [0, 0.1) is 13.8 Å². The topological polar surface area (TPSA) is 101 Å². The minimum atomic E-state index is -0.374. The number of aromatic nitrogens is 5. The predicted molar refractivity (Wildman–Crippen MR) is 148 cm³/mol. The van der Waals surface area contributed by atoms with Gasteiger partial charge in [-0.1, -0.05) is 17.7 Å². The maximum Gasteiger partial charge on any atom is 0.253 e. The number of hydrogen-bond acceptors (Lipinski definition) is 8. The molecule has 1 atom stereocenters.